The van der Waals surface area contributed by atoms with Crippen molar-refractivity contribution >= 4 is 5.71 Å². The van der Waals surface area contributed by atoms with Gasteiger partial charge in [-0.3, -0.25) is 4.99 Å². The molecule has 1 nitrogen and oxygen atoms in total. The van der Waals surface area contributed by atoms with Crippen LogP contribution in [0, 0.1) is 5.92 Å². The van der Waals surface area contributed by atoms with Gasteiger partial charge in [-0.2, -0.15) is 0 Å². The van der Waals surface area contributed by atoms with Crippen LogP contribution in [-0.2, 0) is 0 Å². The van der Waals surface area contributed by atoms with Crippen LogP contribution in [0.1, 0.15) is 44.9 Å². The summed E-state index contributed by atoms with van der Waals surface area (Å²) in [7, 11) is 0. The second-order valence-electron chi connectivity index (χ2n) is 3.81. The molecule has 62 valence electrons. The summed E-state index contributed by atoms with van der Waals surface area (Å²) >= 11 is 0. The molecule has 0 atom stereocenters. The second kappa shape index (κ2) is 3.38. The van der Waals surface area contributed by atoms with Gasteiger partial charge in [0, 0.05) is 12.3 Å². The summed E-state index contributed by atoms with van der Waals surface area (Å²) in [4.78, 5) is 4.58. The van der Waals surface area contributed by atoms with Crippen LogP contribution in [0.15, 0.2) is 4.99 Å². The highest BCUT2D eigenvalue weighted by molar-refractivity contribution is 5.88. The topological polar surface area (TPSA) is 12.4 Å². The van der Waals surface area contributed by atoms with E-state index in [1.165, 1.54) is 44.9 Å². The lowest BCUT2D eigenvalue weighted by Gasteiger charge is -2.21. The molecule has 0 amide bonds. The van der Waals surface area contributed by atoms with E-state index in [0.29, 0.717) is 0 Å². The van der Waals surface area contributed by atoms with Crippen molar-refractivity contribution in [2.75, 3.05) is 6.54 Å². The lowest BCUT2D eigenvalue weighted by atomic mass is 9.85. The predicted molar refractivity (Wildman–Crippen MR) is 48.1 cm³/mol. The average Bonchev–Trinajstić information content (AvgIpc) is 2.58. The molecule has 0 N–H and O–H groups in total. The van der Waals surface area contributed by atoms with E-state index in [2.05, 4.69) is 4.99 Å². The molecule has 0 aromatic heterocycles. The molecule has 2 rings (SSSR count). The van der Waals surface area contributed by atoms with Crippen LogP contribution in [0.3, 0.4) is 0 Å². The Morgan fingerprint density at radius 2 is 1.82 bits per heavy atom. The Labute approximate surface area is 68.9 Å². The van der Waals surface area contributed by atoms with Gasteiger partial charge in [-0.25, -0.2) is 0 Å². The molecule has 1 heteroatoms. The Hall–Kier alpha value is -0.330. The molecule has 0 aromatic carbocycles. The normalized spacial score (nSPS) is 27.1. The molecular formula is C10H17N. The molecule has 2 aliphatic rings. The maximum Gasteiger partial charge on any atom is 0.0392 e. The summed E-state index contributed by atoms with van der Waals surface area (Å²) in [5, 5.41) is 0. The van der Waals surface area contributed by atoms with Crippen molar-refractivity contribution in [1.29, 1.82) is 0 Å². The quantitative estimate of drug-likeness (QED) is 0.546. The Kier molecular flexibility index (Phi) is 2.25. The molecule has 0 radical (unpaired) electrons. The molecule has 0 aromatic rings. The van der Waals surface area contributed by atoms with Gasteiger partial charge < -0.3 is 0 Å². The summed E-state index contributed by atoms with van der Waals surface area (Å²) in [5.41, 5.74) is 1.56. The van der Waals surface area contributed by atoms with Gasteiger partial charge in [-0.15, -0.1) is 0 Å². The molecule has 0 saturated heterocycles. The minimum Gasteiger partial charge on any atom is -0.294 e. The minimum atomic E-state index is 0.895. The molecule has 0 unspecified atom stereocenters. The van der Waals surface area contributed by atoms with Gasteiger partial charge in [0.05, 0.1) is 0 Å². The van der Waals surface area contributed by atoms with Crippen LogP contribution in [0.2, 0.25) is 0 Å². The lowest BCUT2D eigenvalue weighted by molar-refractivity contribution is 0.437. The fourth-order valence-corrected chi connectivity index (χ4v) is 2.33. The third-order valence-electron chi connectivity index (χ3n) is 2.98. The maximum atomic E-state index is 4.58. The van der Waals surface area contributed by atoms with Crippen molar-refractivity contribution < 1.29 is 0 Å². The summed E-state index contributed by atoms with van der Waals surface area (Å²) in [5.74, 6) is 0.895. The van der Waals surface area contributed by atoms with Crippen LogP contribution >= 0.6 is 0 Å². The van der Waals surface area contributed by atoms with Crippen LogP contribution in [0.4, 0.5) is 0 Å². The molecule has 1 aliphatic carbocycles. The van der Waals surface area contributed by atoms with E-state index in [0.717, 1.165) is 12.5 Å². The van der Waals surface area contributed by atoms with Crippen molar-refractivity contribution in [2.45, 2.75) is 44.9 Å². The molecular weight excluding hydrogens is 134 g/mol. The first-order valence-electron chi connectivity index (χ1n) is 5.00. The van der Waals surface area contributed by atoms with Crippen LogP contribution in [-0.4, -0.2) is 12.3 Å². The van der Waals surface area contributed by atoms with Gasteiger partial charge in [0.15, 0.2) is 0 Å². The first-order valence-corrected chi connectivity index (χ1v) is 5.00. The molecule has 1 fully saturated rings. The molecule has 1 heterocycles. The Bertz CT molecular complexity index is 154. The fourth-order valence-electron chi connectivity index (χ4n) is 2.33. The summed E-state index contributed by atoms with van der Waals surface area (Å²) in [6.07, 6.45) is 9.85. The number of nitrogens with zero attached hydrogens (tertiary/aromatic N) is 1. The van der Waals surface area contributed by atoms with Crippen molar-refractivity contribution in [3.8, 4) is 0 Å². The van der Waals surface area contributed by atoms with Gasteiger partial charge in [-0.1, -0.05) is 19.3 Å². The molecule has 1 aliphatic heterocycles. The van der Waals surface area contributed by atoms with Gasteiger partial charge >= 0.3 is 0 Å². The standard InChI is InChI=1S/C10H17N/c1-2-5-9(6-3-1)10-7-4-8-11-10/h9H,1-8H2. The summed E-state index contributed by atoms with van der Waals surface area (Å²) in [6.45, 7) is 1.12. The smallest absolute Gasteiger partial charge is 0.0392 e. The average molecular weight is 151 g/mol. The first-order chi connectivity index (χ1) is 5.47. The van der Waals surface area contributed by atoms with Crippen molar-refractivity contribution in [2.24, 2.45) is 10.9 Å². The monoisotopic (exact) mass is 151 g/mol. The van der Waals surface area contributed by atoms with E-state index in [9.17, 15) is 0 Å². The number of hydrogen-bond donors (Lipinski definition) is 0. The summed E-state index contributed by atoms with van der Waals surface area (Å²) in [6, 6.07) is 0. The first kappa shape index (κ1) is 7.33. The minimum absolute atomic E-state index is 0.895. The number of hydrogen-bond acceptors (Lipinski definition) is 1. The molecule has 0 bridgehead atoms. The van der Waals surface area contributed by atoms with Gasteiger partial charge in [-0.05, 0) is 31.6 Å². The molecule has 11 heavy (non-hydrogen) atoms. The third-order valence-corrected chi connectivity index (χ3v) is 2.98. The van der Waals surface area contributed by atoms with E-state index < -0.39 is 0 Å². The van der Waals surface area contributed by atoms with Crippen LogP contribution in [0.25, 0.3) is 0 Å². The molecule has 0 spiro atoms. The van der Waals surface area contributed by atoms with E-state index >= 15 is 0 Å². The SMILES string of the molecule is C1CCC(C2=NCCC2)CC1. The van der Waals surface area contributed by atoms with Gasteiger partial charge in [0.2, 0.25) is 0 Å². The number of rotatable bonds is 1. The van der Waals surface area contributed by atoms with Gasteiger partial charge in [0.1, 0.15) is 0 Å². The van der Waals surface area contributed by atoms with Crippen LogP contribution in [0.5, 0.6) is 0 Å². The lowest BCUT2D eigenvalue weighted by Crippen LogP contribution is -2.15. The molecule has 1 saturated carbocycles. The Balaban J connectivity index is 1.92. The highest BCUT2D eigenvalue weighted by Gasteiger charge is 2.20. The van der Waals surface area contributed by atoms with Crippen molar-refractivity contribution in [1.82, 2.24) is 0 Å². The van der Waals surface area contributed by atoms with Crippen LogP contribution < -0.4 is 0 Å². The predicted octanol–water partition coefficient (Wildman–Crippen LogP) is 2.80. The fraction of sp³-hybridized carbons (Fsp3) is 0.900. The highest BCUT2D eigenvalue weighted by Crippen LogP contribution is 2.27. The summed E-state index contributed by atoms with van der Waals surface area (Å²) < 4.78 is 0. The van der Waals surface area contributed by atoms with E-state index in [1.54, 1.807) is 5.71 Å². The Morgan fingerprint density at radius 3 is 2.45 bits per heavy atom. The zero-order chi connectivity index (χ0) is 7.52. The maximum absolute atomic E-state index is 4.58. The highest BCUT2D eigenvalue weighted by atomic mass is 14.8. The van der Waals surface area contributed by atoms with E-state index in [4.69, 9.17) is 0 Å². The number of aliphatic imine (C=N–C) groups is 1. The van der Waals surface area contributed by atoms with Crippen molar-refractivity contribution in [3.05, 3.63) is 0 Å². The second-order valence-corrected chi connectivity index (χ2v) is 3.81. The van der Waals surface area contributed by atoms with Crippen molar-refractivity contribution in [3.63, 3.8) is 0 Å². The van der Waals surface area contributed by atoms with E-state index in [1.807, 2.05) is 0 Å². The third kappa shape index (κ3) is 1.63. The Morgan fingerprint density at radius 1 is 1.00 bits per heavy atom. The zero-order valence-electron chi connectivity index (χ0n) is 7.18. The largest absolute Gasteiger partial charge is 0.294 e. The van der Waals surface area contributed by atoms with Gasteiger partial charge in [0.25, 0.3) is 0 Å². The zero-order valence-corrected chi connectivity index (χ0v) is 7.18. The van der Waals surface area contributed by atoms with E-state index in [-0.39, 0.29) is 0 Å².